The first-order chi connectivity index (χ1) is 13.5. The molecule has 2 rings (SSSR count). The molecule has 0 heterocycles. The molecular formula is C22H29BrO4S. The van der Waals surface area contributed by atoms with Crippen molar-refractivity contribution in [3.8, 4) is 0 Å². The van der Waals surface area contributed by atoms with Gasteiger partial charge in [-0.2, -0.15) is 0 Å². The fourth-order valence-electron chi connectivity index (χ4n) is 2.76. The zero-order chi connectivity index (χ0) is 20.4. The number of aliphatic hydroxyl groups is 2. The average Bonchev–Trinajstić information content (AvgIpc) is 2.71. The van der Waals surface area contributed by atoms with Gasteiger partial charge in [0.15, 0.2) is 0 Å². The summed E-state index contributed by atoms with van der Waals surface area (Å²) in [5.41, 5.74) is 2.25. The van der Waals surface area contributed by atoms with Crippen molar-refractivity contribution in [2.75, 3.05) is 12.4 Å². The van der Waals surface area contributed by atoms with Crippen LogP contribution in [0.15, 0.2) is 59.5 Å². The first kappa shape index (κ1) is 23.2. The summed E-state index contributed by atoms with van der Waals surface area (Å²) >= 11 is 3.46. The number of unbranched alkanes of at least 4 members (excludes halogenated alkanes) is 1. The minimum Gasteiger partial charge on any atom is -0.389 e. The molecule has 0 aromatic heterocycles. The average molecular weight is 469 g/mol. The molecule has 0 bridgehead atoms. The lowest BCUT2D eigenvalue weighted by molar-refractivity contribution is 0.0317. The van der Waals surface area contributed by atoms with Gasteiger partial charge in [0.25, 0.3) is 0 Å². The van der Waals surface area contributed by atoms with Gasteiger partial charge in [-0.1, -0.05) is 64.0 Å². The number of hydrogen-bond acceptors (Lipinski definition) is 4. The van der Waals surface area contributed by atoms with Gasteiger partial charge in [0, 0.05) is 16.3 Å². The van der Waals surface area contributed by atoms with Crippen LogP contribution in [0.2, 0.25) is 0 Å². The minimum atomic E-state index is -1.34. The molecule has 2 aromatic rings. The standard InChI is InChI=1S/C22H29BrO4S/c1-17-10-12-19(13-11-17)28(26)16-21(24)22(25)20(23)9-5-6-14-27-15-18-7-3-2-4-8-18/h2-4,7-8,10-13,20-22,24-25H,5-6,9,14-16H2,1H3/t20-,21-,22-,28?/m0/s1. The van der Waals surface area contributed by atoms with Gasteiger partial charge in [-0.25, -0.2) is 0 Å². The van der Waals surface area contributed by atoms with Crippen molar-refractivity contribution in [1.29, 1.82) is 0 Å². The number of aliphatic hydroxyl groups excluding tert-OH is 2. The van der Waals surface area contributed by atoms with E-state index < -0.39 is 23.0 Å². The van der Waals surface area contributed by atoms with Gasteiger partial charge >= 0.3 is 0 Å². The summed E-state index contributed by atoms with van der Waals surface area (Å²) in [5.74, 6) is 0.0204. The second-order valence-electron chi connectivity index (χ2n) is 6.93. The molecule has 1 unspecified atom stereocenters. The number of ether oxygens (including phenoxy) is 1. The van der Waals surface area contributed by atoms with Crippen LogP contribution in [0.3, 0.4) is 0 Å². The van der Waals surface area contributed by atoms with Crippen LogP contribution in [-0.2, 0) is 22.1 Å². The number of alkyl halides is 1. The van der Waals surface area contributed by atoms with Gasteiger partial charge in [0.1, 0.15) is 0 Å². The Morgan fingerprint density at radius 3 is 2.39 bits per heavy atom. The third kappa shape index (κ3) is 8.13. The Kier molecular flexibility index (Phi) is 10.4. The van der Waals surface area contributed by atoms with Crippen LogP contribution in [0.25, 0.3) is 0 Å². The summed E-state index contributed by atoms with van der Waals surface area (Å²) in [4.78, 5) is 0.421. The number of rotatable bonds is 12. The van der Waals surface area contributed by atoms with Gasteiger partial charge < -0.3 is 14.9 Å². The molecular weight excluding hydrogens is 440 g/mol. The maximum atomic E-state index is 12.4. The molecule has 0 aliphatic rings. The van der Waals surface area contributed by atoms with E-state index in [4.69, 9.17) is 4.74 Å². The Morgan fingerprint density at radius 2 is 1.71 bits per heavy atom. The highest BCUT2D eigenvalue weighted by Crippen LogP contribution is 2.19. The molecule has 28 heavy (non-hydrogen) atoms. The molecule has 2 aromatic carbocycles. The SMILES string of the molecule is Cc1ccc(S(=O)C[C@H](O)[C@@H](O)[C@@H](Br)CCCCOCc2ccccc2)cc1. The Bertz CT molecular complexity index is 708. The van der Waals surface area contributed by atoms with Crippen LogP contribution in [0.5, 0.6) is 0 Å². The zero-order valence-electron chi connectivity index (χ0n) is 16.2. The third-order valence-corrected chi connectivity index (χ3v) is 6.94. The number of hydrogen-bond donors (Lipinski definition) is 2. The van der Waals surface area contributed by atoms with Crippen molar-refractivity contribution in [3.05, 3.63) is 65.7 Å². The minimum absolute atomic E-state index is 0.0204. The summed E-state index contributed by atoms with van der Waals surface area (Å²) in [7, 11) is -1.34. The summed E-state index contributed by atoms with van der Waals surface area (Å²) in [5, 5.41) is 20.6. The highest BCUT2D eigenvalue weighted by molar-refractivity contribution is 9.09. The van der Waals surface area contributed by atoms with Crippen LogP contribution in [0.4, 0.5) is 0 Å². The first-order valence-electron chi connectivity index (χ1n) is 9.54. The molecule has 0 fully saturated rings. The van der Waals surface area contributed by atoms with E-state index in [1.54, 1.807) is 12.1 Å². The van der Waals surface area contributed by atoms with Crippen molar-refractivity contribution in [2.45, 2.75) is 54.7 Å². The van der Waals surface area contributed by atoms with E-state index in [-0.39, 0.29) is 10.6 Å². The molecule has 4 atom stereocenters. The molecule has 4 nitrogen and oxygen atoms in total. The largest absolute Gasteiger partial charge is 0.389 e. The summed E-state index contributed by atoms with van der Waals surface area (Å²) < 4.78 is 18.0. The van der Waals surface area contributed by atoms with Gasteiger partial charge in [0.05, 0.1) is 35.4 Å². The predicted molar refractivity (Wildman–Crippen MR) is 117 cm³/mol. The molecule has 0 amide bonds. The zero-order valence-corrected chi connectivity index (χ0v) is 18.6. The molecule has 6 heteroatoms. The predicted octanol–water partition coefficient (Wildman–Crippen LogP) is 3.98. The van der Waals surface area contributed by atoms with Crippen molar-refractivity contribution >= 4 is 26.7 Å². The molecule has 0 aliphatic heterocycles. The highest BCUT2D eigenvalue weighted by atomic mass is 79.9. The molecule has 0 saturated heterocycles. The lowest BCUT2D eigenvalue weighted by Gasteiger charge is -2.22. The van der Waals surface area contributed by atoms with Gasteiger partial charge in [-0.15, -0.1) is 0 Å². The van der Waals surface area contributed by atoms with Crippen molar-refractivity contribution < 1.29 is 19.2 Å². The molecule has 0 spiro atoms. The Balaban J connectivity index is 1.63. The van der Waals surface area contributed by atoms with Crippen molar-refractivity contribution in [2.24, 2.45) is 0 Å². The van der Waals surface area contributed by atoms with Crippen LogP contribution in [-0.4, -0.2) is 43.8 Å². The molecule has 0 radical (unpaired) electrons. The topological polar surface area (TPSA) is 66.8 Å². The number of halogens is 1. The number of benzene rings is 2. The maximum absolute atomic E-state index is 12.4. The van der Waals surface area contributed by atoms with E-state index in [0.29, 0.717) is 24.5 Å². The van der Waals surface area contributed by atoms with E-state index >= 15 is 0 Å². The molecule has 0 aliphatic carbocycles. The first-order valence-corrected chi connectivity index (χ1v) is 11.8. The maximum Gasteiger partial charge on any atom is 0.0932 e. The lowest BCUT2D eigenvalue weighted by Crippen LogP contribution is -2.37. The Morgan fingerprint density at radius 1 is 1.04 bits per heavy atom. The Labute approximate surface area is 178 Å². The van der Waals surface area contributed by atoms with Crippen LogP contribution in [0, 0.1) is 6.92 Å². The van der Waals surface area contributed by atoms with E-state index in [0.717, 1.165) is 24.0 Å². The van der Waals surface area contributed by atoms with E-state index in [2.05, 4.69) is 15.9 Å². The van der Waals surface area contributed by atoms with Crippen molar-refractivity contribution in [1.82, 2.24) is 0 Å². The van der Waals surface area contributed by atoms with Crippen LogP contribution < -0.4 is 0 Å². The molecule has 2 N–H and O–H groups in total. The smallest absolute Gasteiger partial charge is 0.0932 e. The van der Waals surface area contributed by atoms with E-state index in [9.17, 15) is 14.4 Å². The van der Waals surface area contributed by atoms with Gasteiger partial charge in [-0.05, 0) is 43.9 Å². The lowest BCUT2D eigenvalue weighted by atomic mass is 10.1. The van der Waals surface area contributed by atoms with Gasteiger partial charge in [0.2, 0.25) is 0 Å². The van der Waals surface area contributed by atoms with E-state index in [1.165, 1.54) is 0 Å². The molecule has 0 saturated carbocycles. The van der Waals surface area contributed by atoms with Gasteiger partial charge in [-0.3, -0.25) is 4.21 Å². The van der Waals surface area contributed by atoms with Crippen LogP contribution >= 0.6 is 15.9 Å². The summed E-state index contributed by atoms with van der Waals surface area (Å²) in [6.45, 7) is 3.23. The van der Waals surface area contributed by atoms with Crippen molar-refractivity contribution in [3.63, 3.8) is 0 Å². The second-order valence-corrected chi connectivity index (χ2v) is 9.61. The third-order valence-electron chi connectivity index (χ3n) is 4.50. The normalized spacial score (nSPS) is 15.7. The molecule has 154 valence electrons. The fraction of sp³-hybridized carbons (Fsp3) is 0.455. The fourth-order valence-corrected chi connectivity index (χ4v) is 4.58. The number of aryl methyl sites for hydroxylation is 1. The highest BCUT2D eigenvalue weighted by Gasteiger charge is 2.26. The second kappa shape index (κ2) is 12.5. The summed E-state index contributed by atoms with van der Waals surface area (Å²) in [6, 6.07) is 17.4. The monoisotopic (exact) mass is 468 g/mol. The quantitative estimate of drug-likeness (QED) is 0.365. The van der Waals surface area contributed by atoms with Crippen LogP contribution in [0.1, 0.15) is 30.4 Å². The summed E-state index contributed by atoms with van der Waals surface area (Å²) in [6.07, 6.45) is 0.465. The Hall–Kier alpha value is -1.05. The van der Waals surface area contributed by atoms with E-state index in [1.807, 2.05) is 49.4 Å².